The van der Waals surface area contributed by atoms with Crippen LogP contribution in [0.3, 0.4) is 0 Å². The quantitative estimate of drug-likeness (QED) is 0.448. The Morgan fingerprint density at radius 2 is 1.97 bits per heavy atom. The lowest BCUT2D eigenvalue weighted by Gasteiger charge is -2.40. The number of aromatic nitrogens is 3. The van der Waals surface area contributed by atoms with E-state index in [9.17, 15) is 9.83 Å². The highest BCUT2D eigenvalue weighted by atomic mass is 31.2. The molecule has 0 radical (unpaired) electrons. The lowest BCUT2D eigenvalue weighted by atomic mass is 9.77. The van der Waals surface area contributed by atoms with Crippen LogP contribution in [0.1, 0.15) is 54.9 Å². The van der Waals surface area contributed by atoms with E-state index < -0.39 is 7.14 Å². The molecule has 3 aromatic rings. The van der Waals surface area contributed by atoms with Crippen molar-refractivity contribution in [1.29, 1.82) is 5.26 Å². The lowest BCUT2D eigenvalue weighted by molar-refractivity contribution is 0.176. The third kappa shape index (κ3) is 5.00. The summed E-state index contributed by atoms with van der Waals surface area (Å²) < 4.78 is 12.5. The van der Waals surface area contributed by atoms with Crippen LogP contribution in [0.25, 0.3) is 0 Å². The molecule has 3 heterocycles. The maximum atomic E-state index is 12.5. The minimum Gasteiger partial charge on any atom is -0.324 e. The van der Waals surface area contributed by atoms with Crippen LogP contribution in [-0.2, 0) is 17.5 Å². The number of hydrogen-bond donors (Lipinski definition) is 2. The van der Waals surface area contributed by atoms with E-state index in [2.05, 4.69) is 62.5 Å². The molecule has 0 amide bonds. The summed E-state index contributed by atoms with van der Waals surface area (Å²) in [6.07, 6.45) is 5.07. The Morgan fingerprint density at radius 3 is 2.72 bits per heavy atom. The van der Waals surface area contributed by atoms with Crippen LogP contribution in [-0.4, -0.2) is 45.8 Å². The van der Waals surface area contributed by atoms with Crippen molar-refractivity contribution in [1.82, 2.24) is 19.9 Å². The summed E-state index contributed by atoms with van der Waals surface area (Å²) in [6, 6.07) is 12.4. The zero-order valence-corrected chi connectivity index (χ0v) is 22.1. The molecule has 9 heteroatoms. The summed E-state index contributed by atoms with van der Waals surface area (Å²) in [5.74, 6) is 1.85. The van der Waals surface area contributed by atoms with Gasteiger partial charge in [0.2, 0.25) is 5.95 Å². The molecule has 0 bridgehead atoms. The van der Waals surface area contributed by atoms with Crippen molar-refractivity contribution in [3.63, 3.8) is 0 Å². The summed E-state index contributed by atoms with van der Waals surface area (Å²) >= 11 is 0. The van der Waals surface area contributed by atoms with Gasteiger partial charge in [0.1, 0.15) is 30.0 Å². The van der Waals surface area contributed by atoms with Gasteiger partial charge in [0.15, 0.2) is 5.82 Å². The normalized spacial score (nSPS) is 17.4. The second kappa shape index (κ2) is 9.65. The zero-order chi connectivity index (χ0) is 25.4. The van der Waals surface area contributed by atoms with E-state index in [0.717, 1.165) is 25.2 Å². The third-order valence-electron chi connectivity index (χ3n) is 7.01. The van der Waals surface area contributed by atoms with Gasteiger partial charge in [-0.3, -0.25) is 4.90 Å². The van der Waals surface area contributed by atoms with Gasteiger partial charge in [0.05, 0.1) is 6.20 Å². The number of benzene rings is 1. The number of nitriles is 1. The Hall–Kier alpha value is -3.27. The van der Waals surface area contributed by atoms with E-state index in [-0.39, 0.29) is 0 Å². The summed E-state index contributed by atoms with van der Waals surface area (Å²) in [5, 5.41) is 16.1. The molecule has 36 heavy (non-hydrogen) atoms. The van der Waals surface area contributed by atoms with Gasteiger partial charge < -0.3 is 15.2 Å². The highest BCUT2D eigenvalue weighted by Crippen LogP contribution is 2.41. The Labute approximate surface area is 212 Å². The van der Waals surface area contributed by atoms with Crippen molar-refractivity contribution in [2.75, 3.05) is 30.5 Å². The molecule has 0 saturated carbocycles. The number of anilines is 4. The molecule has 0 unspecified atom stereocenters. The molecule has 0 saturated heterocycles. The van der Waals surface area contributed by atoms with E-state index in [0.29, 0.717) is 40.5 Å². The predicted octanol–water partition coefficient (Wildman–Crippen LogP) is 5.12. The van der Waals surface area contributed by atoms with E-state index in [1.807, 2.05) is 0 Å². The third-order valence-corrected chi connectivity index (χ3v) is 8.37. The molecule has 5 rings (SSSR count). The zero-order valence-electron chi connectivity index (χ0n) is 21.2. The smallest absolute Gasteiger partial charge is 0.229 e. The average Bonchev–Trinajstić information content (AvgIpc) is 2.84. The molecule has 2 aromatic heterocycles. The second-order valence-corrected chi connectivity index (χ2v) is 13.5. The highest BCUT2D eigenvalue weighted by molar-refractivity contribution is 7.69. The molecule has 186 valence electrons. The number of aryl methyl sites for hydroxylation is 1. The lowest BCUT2D eigenvalue weighted by Crippen LogP contribution is -2.39. The van der Waals surface area contributed by atoms with E-state index in [1.54, 1.807) is 37.1 Å². The van der Waals surface area contributed by atoms with E-state index >= 15 is 0 Å². The van der Waals surface area contributed by atoms with Gasteiger partial charge in [-0.25, -0.2) is 9.97 Å². The molecular weight excluding hydrogens is 469 g/mol. The number of pyridine rings is 1. The van der Waals surface area contributed by atoms with Crippen LogP contribution >= 0.6 is 7.14 Å². The van der Waals surface area contributed by atoms with Gasteiger partial charge in [-0.15, -0.1) is 0 Å². The highest BCUT2D eigenvalue weighted by Gasteiger charge is 2.31. The Morgan fingerprint density at radius 1 is 1.17 bits per heavy atom. The molecule has 1 aromatic carbocycles. The molecule has 2 aliphatic rings. The predicted molar refractivity (Wildman–Crippen MR) is 144 cm³/mol. The van der Waals surface area contributed by atoms with Crippen LogP contribution in [0.2, 0.25) is 0 Å². The molecule has 8 nitrogen and oxygen atoms in total. The van der Waals surface area contributed by atoms with Gasteiger partial charge in [-0.1, -0.05) is 6.07 Å². The average molecular weight is 502 g/mol. The molecule has 1 aliphatic heterocycles. The fourth-order valence-corrected chi connectivity index (χ4v) is 5.99. The summed E-state index contributed by atoms with van der Waals surface area (Å²) in [6.45, 7) is 9.98. The van der Waals surface area contributed by atoms with Gasteiger partial charge in [0, 0.05) is 24.8 Å². The van der Waals surface area contributed by atoms with E-state index in [1.165, 1.54) is 30.2 Å². The number of nitrogens with one attached hydrogen (secondary N) is 2. The van der Waals surface area contributed by atoms with Gasteiger partial charge in [0.25, 0.3) is 0 Å². The summed E-state index contributed by atoms with van der Waals surface area (Å²) in [5.41, 5.74) is 6.14. The first kappa shape index (κ1) is 24.4. The molecule has 0 fully saturated rings. The molecule has 2 N–H and O–H groups in total. The molecule has 1 atom stereocenters. The van der Waals surface area contributed by atoms with Crippen LogP contribution < -0.4 is 16.1 Å². The van der Waals surface area contributed by atoms with Crippen molar-refractivity contribution >= 4 is 35.8 Å². The first-order valence-electron chi connectivity index (χ1n) is 12.4. The summed E-state index contributed by atoms with van der Waals surface area (Å²) in [4.78, 5) is 16.0. The minimum atomic E-state index is -2.52. The van der Waals surface area contributed by atoms with Crippen LogP contribution in [0, 0.1) is 11.3 Å². The SMILES string of the molecule is CC(C)N1Cc2cc(Nc3ncc(C#N)c(Nc4cccc(P(C)(C)=O)n4)n3)cc3c2[C@@H](CCC3)C1. The first-order valence-corrected chi connectivity index (χ1v) is 15.0. The topological polar surface area (TPSA) is 107 Å². The monoisotopic (exact) mass is 501 g/mol. The van der Waals surface area contributed by atoms with Crippen LogP contribution in [0.5, 0.6) is 0 Å². The van der Waals surface area contributed by atoms with Crippen molar-refractivity contribution in [2.45, 2.75) is 51.6 Å². The van der Waals surface area contributed by atoms with Gasteiger partial charge in [-0.05, 0) is 93.3 Å². The Kier molecular flexibility index (Phi) is 6.55. The van der Waals surface area contributed by atoms with Gasteiger partial charge >= 0.3 is 0 Å². The minimum absolute atomic E-state index is 0.305. The fraction of sp³-hybridized carbons (Fsp3) is 0.407. The molecule has 1 aliphatic carbocycles. The molecule has 0 spiro atoms. The van der Waals surface area contributed by atoms with Crippen molar-refractivity contribution in [3.05, 3.63) is 58.8 Å². The van der Waals surface area contributed by atoms with Crippen molar-refractivity contribution in [3.8, 4) is 6.07 Å². The Bertz CT molecular complexity index is 1390. The van der Waals surface area contributed by atoms with Crippen LogP contribution in [0.15, 0.2) is 36.5 Å². The number of nitrogens with zero attached hydrogens (tertiary/aromatic N) is 5. The largest absolute Gasteiger partial charge is 0.324 e. The Balaban J connectivity index is 1.44. The second-order valence-electron chi connectivity index (χ2n) is 10.4. The number of rotatable bonds is 6. The standard InChI is InChI=1S/C27H32N7OP/c1-17(2)34-15-19-8-5-7-18-11-22(12-20(16-34)25(18)19)30-27-29-14-21(13-28)26(33-27)32-23-9-6-10-24(31-23)36(3,4)35/h6,9-12,14,17,19H,5,7-8,15-16H2,1-4H3,(H2,29,30,31,32,33)/t19-/m0/s1. The maximum Gasteiger partial charge on any atom is 0.229 e. The van der Waals surface area contributed by atoms with Crippen LogP contribution in [0.4, 0.5) is 23.3 Å². The van der Waals surface area contributed by atoms with Crippen molar-refractivity contribution in [2.24, 2.45) is 0 Å². The maximum absolute atomic E-state index is 12.5. The van der Waals surface area contributed by atoms with E-state index in [4.69, 9.17) is 0 Å². The summed E-state index contributed by atoms with van der Waals surface area (Å²) in [7, 11) is -2.52. The first-order chi connectivity index (χ1) is 17.2. The van der Waals surface area contributed by atoms with Gasteiger partial charge in [-0.2, -0.15) is 10.2 Å². The fourth-order valence-electron chi connectivity index (χ4n) is 5.20. The number of hydrogen-bond acceptors (Lipinski definition) is 8. The van der Waals surface area contributed by atoms with Crippen molar-refractivity contribution < 1.29 is 4.57 Å². The molecular formula is C27H32N7OP.